The number of amides is 1. The third kappa shape index (κ3) is 4.63. The van der Waals surface area contributed by atoms with Crippen LogP contribution in [0.1, 0.15) is 30.9 Å². The number of hydrogen-bond donors (Lipinski definition) is 1. The number of benzene rings is 2. The number of halogens is 1. The fourth-order valence-electron chi connectivity index (χ4n) is 2.62. The van der Waals surface area contributed by atoms with Crippen molar-refractivity contribution in [1.29, 1.82) is 5.26 Å². The van der Waals surface area contributed by atoms with E-state index in [1.54, 1.807) is 12.1 Å². The van der Waals surface area contributed by atoms with Crippen LogP contribution >= 0.6 is 11.8 Å². The Kier molecular flexibility index (Phi) is 5.72. The summed E-state index contributed by atoms with van der Waals surface area (Å²) in [6.07, 6.45) is 0. The average molecular weight is 379 g/mol. The van der Waals surface area contributed by atoms with Gasteiger partial charge in [-0.2, -0.15) is 5.26 Å². The van der Waals surface area contributed by atoms with Gasteiger partial charge in [0, 0.05) is 11.1 Å². The molecule has 3 aromatic rings. The number of carbonyl (C=O) groups excluding carboxylic acids is 1. The van der Waals surface area contributed by atoms with Crippen molar-refractivity contribution in [3.05, 3.63) is 65.5 Å². The molecule has 1 aromatic heterocycles. The van der Waals surface area contributed by atoms with E-state index in [9.17, 15) is 14.4 Å². The van der Waals surface area contributed by atoms with Crippen molar-refractivity contribution in [3.63, 3.8) is 0 Å². The van der Waals surface area contributed by atoms with E-state index in [0.29, 0.717) is 22.2 Å². The zero-order chi connectivity index (χ0) is 19.4. The van der Waals surface area contributed by atoms with E-state index in [-0.39, 0.29) is 11.7 Å². The summed E-state index contributed by atoms with van der Waals surface area (Å²) >= 11 is 1.19. The highest BCUT2D eigenvalue weighted by Gasteiger charge is 2.12. The molecule has 0 atom stereocenters. The lowest BCUT2D eigenvalue weighted by atomic mass is 10.0. The van der Waals surface area contributed by atoms with E-state index in [1.807, 2.05) is 18.2 Å². The molecule has 0 unspecified atom stereocenters. The third-order valence-electron chi connectivity index (χ3n) is 4.04. The zero-order valence-electron chi connectivity index (χ0n) is 15.0. The lowest BCUT2D eigenvalue weighted by molar-refractivity contribution is -0.113. The highest BCUT2D eigenvalue weighted by atomic mass is 32.2. The van der Waals surface area contributed by atoms with E-state index in [2.05, 4.69) is 30.2 Å². The van der Waals surface area contributed by atoms with Gasteiger partial charge in [0.25, 0.3) is 0 Å². The number of nitrogens with zero attached hydrogens (tertiary/aromatic N) is 2. The highest BCUT2D eigenvalue weighted by Crippen LogP contribution is 2.27. The Balaban J connectivity index is 1.77. The number of carbonyl (C=O) groups is 1. The van der Waals surface area contributed by atoms with Crippen molar-refractivity contribution in [2.75, 3.05) is 11.1 Å². The number of rotatable bonds is 5. The van der Waals surface area contributed by atoms with Gasteiger partial charge in [0.15, 0.2) is 0 Å². The van der Waals surface area contributed by atoms with E-state index < -0.39 is 5.82 Å². The number of aromatic nitrogens is 1. The van der Waals surface area contributed by atoms with Crippen LogP contribution in [0.5, 0.6) is 0 Å². The first-order chi connectivity index (χ1) is 13.0. The predicted molar refractivity (Wildman–Crippen MR) is 106 cm³/mol. The van der Waals surface area contributed by atoms with E-state index in [0.717, 1.165) is 10.9 Å². The molecule has 0 radical (unpaired) electrons. The summed E-state index contributed by atoms with van der Waals surface area (Å²) in [4.78, 5) is 16.7. The molecule has 27 heavy (non-hydrogen) atoms. The van der Waals surface area contributed by atoms with Crippen LogP contribution in [0.15, 0.2) is 53.6 Å². The summed E-state index contributed by atoms with van der Waals surface area (Å²) in [5.41, 5.74) is 2.80. The summed E-state index contributed by atoms with van der Waals surface area (Å²) in [6, 6.07) is 15.7. The molecule has 1 heterocycles. The van der Waals surface area contributed by atoms with Gasteiger partial charge in [0.05, 0.1) is 16.8 Å². The molecule has 6 heteroatoms. The standard InChI is InChI=1S/C21H18FN3OS/c1-13(2)14-6-7-19-15(8-14)9-16(11-23)21(25-19)27-12-20(26)24-18-5-3-4-17(22)10-18/h3-10,13H,12H2,1-2H3,(H,24,26). The molecule has 2 aromatic carbocycles. The molecule has 1 N–H and O–H groups in total. The summed E-state index contributed by atoms with van der Waals surface area (Å²) in [5, 5.41) is 13.5. The van der Waals surface area contributed by atoms with Crippen molar-refractivity contribution in [3.8, 4) is 6.07 Å². The van der Waals surface area contributed by atoms with Crippen LogP contribution in [0.25, 0.3) is 10.9 Å². The molecule has 0 fully saturated rings. The van der Waals surface area contributed by atoms with Crippen LogP contribution in [0.3, 0.4) is 0 Å². The molecule has 1 amide bonds. The lowest BCUT2D eigenvalue weighted by Crippen LogP contribution is -2.14. The van der Waals surface area contributed by atoms with Crippen molar-refractivity contribution in [1.82, 2.24) is 4.98 Å². The fourth-order valence-corrected chi connectivity index (χ4v) is 3.39. The van der Waals surface area contributed by atoms with E-state index >= 15 is 0 Å². The van der Waals surface area contributed by atoms with Crippen LogP contribution in [0.2, 0.25) is 0 Å². The van der Waals surface area contributed by atoms with Gasteiger partial charge in [0.2, 0.25) is 5.91 Å². The smallest absolute Gasteiger partial charge is 0.234 e. The second kappa shape index (κ2) is 8.19. The van der Waals surface area contributed by atoms with Crippen LogP contribution in [0.4, 0.5) is 10.1 Å². The average Bonchev–Trinajstić information content (AvgIpc) is 2.65. The molecule has 0 aliphatic carbocycles. The Hall–Kier alpha value is -2.91. The number of pyridine rings is 1. The predicted octanol–water partition coefficient (Wildman–Crippen LogP) is 5.10. The fraction of sp³-hybridized carbons (Fsp3) is 0.190. The first-order valence-electron chi connectivity index (χ1n) is 8.49. The number of hydrogen-bond acceptors (Lipinski definition) is 4. The molecule has 0 bridgehead atoms. The monoisotopic (exact) mass is 379 g/mol. The summed E-state index contributed by atoms with van der Waals surface area (Å²) in [5.74, 6) is -0.232. The molecule has 0 aliphatic rings. The van der Waals surface area contributed by atoms with Gasteiger partial charge in [-0.1, -0.05) is 37.7 Å². The largest absolute Gasteiger partial charge is 0.325 e. The number of anilines is 1. The van der Waals surface area contributed by atoms with Crippen molar-refractivity contribution >= 4 is 34.3 Å². The molecule has 4 nitrogen and oxygen atoms in total. The quantitative estimate of drug-likeness (QED) is 0.626. The summed E-state index contributed by atoms with van der Waals surface area (Å²) in [7, 11) is 0. The molecule has 0 saturated carbocycles. The Bertz CT molecular complexity index is 1040. The number of thioether (sulfide) groups is 1. The first kappa shape index (κ1) is 18.9. The highest BCUT2D eigenvalue weighted by molar-refractivity contribution is 8.00. The second-order valence-electron chi connectivity index (χ2n) is 6.41. The third-order valence-corrected chi connectivity index (χ3v) is 5.03. The Morgan fingerprint density at radius 1 is 1.26 bits per heavy atom. The molecular formula is C21H18FN3OS. The minimum atomic E-state index is -0.413. The maximum atomic E-state index is 13.2. The first-order valence-corrected chi connectivity index (χ1v) is 9.48. The Morgan fingerprint density at radius 2 is 2.07 bits per heavy atom. The molecule has 0 saturated heterocycles. The maximum absolute atomic E-state index is 13.2. The van der Waals surface area contributed by atoms with Gasteiger partial charge >= 0.3 is 0 Å². The molecule has 0 aliphatic heterocycles. The minimum absolute atomic E-state index is 0.0772. The molecule has 0 spiro atoms. The van der Waals surface area contributed by atoms with Gasteiger partial charge in [-0.05, 0) is 47.9 Å². The van der Waals surface area contributed by atoms with Crippen LogP contribution in [-0.4, -0.2) is 16.6 Å². The normalized spacial score (nSPS) is 10.8. The Labute approximate surface area is 161 Å². The van der Waals surface area contributed by atoms with E-state index in [4.69, 9.17) is 0 Å². The van der Waals surface area contributed by atoms with Gasteiger partial charge < -0.3 is 5.32 Å². The lowest BCUT2D eigenvalue weighted by Gasteiger charge is -2.09. The second-order valence-corrected chi connectivity index (χ2v) is 7.37. The SMILES string of the molecule is CC(C)c1ccc2nc(SCC(=O)Nc3cccc(F)c3)c(C#N)cc2c1. The van der Waals surface area contributed by atoms with Crippen molar-refractivity contribution in [2.24, 2.45) is 0 Å². The van der Waals surface area contributed by atoms with Crippen LogP contribution in [-0.2, 0) is 4.79 Å². The van der Waals surface area contributed by atoms with Gasteiger partial charge in [-0.25, -0.2) is 9.37 Å². The Morgan fingerprint density at radius 3 is 2.78 bits per heavy atom. The van der Waals surface area contributed by atoms with Gasteiger partial charge in [-0.3, -0.25) is 4.79 Å². The molecular weight excluding hydrogens is 361 g/mol. The van der Waals surface area contributed by atoms with Crippen molar-refractivity contribution < 1.29 is 9.18 Å². The molecule has 3 rings (SSSR count). The number of nitrogens with one attached hydrogen (secondary N) is 1. The minimum Gasteiger partial charge on any atom is -0.325 e. The van der Waals surface area contributed by atoms with Gasteiger partial charge in [0.1, 0.15) is 16.9 Å². The zero-order valence-corrected chi connectivity index (χ0v) is 15.8. The maximum Gasteiger partial charge on any atom is 0.234 e. The summed E-state index contributed by atoms with van der Waals surface area (Å²) < 4.78 is 13.2. The van der Waals surface area contributed by atoms with Crippen LogP contribution < -0.4 is 5.32 Å². The number of fused-ring (bicyclic) bond motifs is 1. The van der Waals surface area contributed by atoms with Crippen molar-refractivity contribution in [2.45, 2.75) is 24.8 Å². The van der Waals surface area contributed by atoms with Gasteiger partial charge in [-0.15, -0.1) is 0 Å². The summed E-state index contributed by atoms with van der Waals surface area (Å²) in [6.45, 7) is 4.22. The van der Waals surface area contributed by atoms with E-state index in [1.165, 1.54) is 35.5 Å². The van der Waals surface area contributed by atoms with Crippen LogP contribution in [0, 0.1) is 17.1 Å². The molecule has 136 valence electrons. The number of nitriles is 1. The topological polar surface area (TPSA) is 65.8 Å².